The van der Waals surface area contributed by atoms with Crippen LogP contribution < -0.4 is 10.5 Å². The summed E-state index contributed by atoms with van der Waals surface area (Å²) in [4.78, 5) is 23.6. The molecular weight excluding hydrogens is 392 g/mol. The molecule has 1 heterocycles. The van der Waals surface area contributed by atoms with Gasteiger partial charge in [-0.2, -0.15) is 10.2 Å². The quantitative estimate of drug-likeness (QED) is 0.390. The first-order valence-electron chi connectivity index (χ1n) is 9.85. The summed E-state index contributed by atoms with van der Waals surface area (Å²) >= 11 is 0. The zero-order chi connectivity index (χ0) is 21.4. The predicted molar refractivity (Wildman–Crippen MR) is 115 cm³/mol. The van der Waals surface area contributed by atoms with E-state index in [9.17, 15) is 14.7 Å². The van der Waals surface area contributed by atoms with Crippen molar-refractivity contribution in [2.24, 2.45) is 5.10 Å². The van der Waals surface area contributed by atoms with Crippen molar-refractivity contribution in [3.8, 4) is 11.3 Å². The minimum absolute atomic E-state index is 0.00335. The van der Waals surface area contributed by atoms with E-state index in [0.717, 1.165) is 23.8 Å². The molecule has 4 aromatic rings. The molecule has 3 aromatic carbocycles. The summed E-state index contributed by atoms with van der Waals surface area (Å²) < 4.78 is 0. The number of hydrogen-bond donors (Lipinski definition) is 2. The molecule has 0 saturated heterocycles. The summed E-state index contributed by atoms with van der Waals surface area (Å²) in [6.07, 6.45) is 3.36. The number of carbonyl (C=O) groups is 2. The monoisotopic (exact) mass is 409 g/mol. The Morgan fingerprint density at radius 1 is 1.03 bits per heavy atom. The zero-order valence-corrected chi connectivity index (χ0v) is 16.4. The van der Waals surface area contributed by atoms with Crippen LogP contribution in [0.2, 0.25) is 0 Å². The number of benzene rings is 3. The number of aromatic amines is 1. The lowest BCUT2D eigenvalue weighted by molar-refractivity contribution is -0.255. The second-order valence-electron chi connectivity index (χ2n) is 7.35. The molecule has 152 valence electrons. The van der Waals surface area contributed by atoms with Crippen molar-refractivity contribution in [2.75, 3.05) is 0 Å². The minimum Gasteiger partial charge on any atom is -0.545 e. The second kappa shape index (κ2) is 7.53. The first-order chi connectivity index (χ1) is 15.1. The normalized spacial score (nSPS) is 12.5. The van der Waals surface area contributed by atoms with Crippen molar-refractivity contribution in [3.63, 3.8) is 0 Å². The number of hydrazone groups is 1. The van der Waals surface area contributed by atoms with Gasteiger partial charge in [0, 0.05) is 16.7 Å². The summed E-state index contributed by atoms with van der Waals surface area (Å²) in [7, 11) is 0. The van der Waals surface area contributed by atoms with Crippen LogP contribution in [0.3, 0.4) is 0 Å². The number of carbonyl (C=O) groups excluding carboxylic acids is 2. The number of aryl methyl sites for hydroxylation is 2. The van der Waals surface area contributed by atoms with Gasteiger partial charge in [-0.1, -0.05) is 54.6 Å². The summed E-state index contributed by atoms with van der Waals surface area (Å²) in [6, 6.07) is 18.4. The van der Waals surface area contributed by atoms with Crippen LogP contribution in [0.5, 0.6) is 0 Å². The molecule has 0 fully saturated rings. The Hall–Kier alpha value is -4.26. The van der Waals surface area contributed by atoms with E-state index in [4.69, 9.17) is 0 Å². The van der Waals surface area contributed by atoms with Crippen molar-refractivity contribution in [2.45, 2.75) is 12.8 Å². The average molecular weight is 409 g/mol. The number of carboxylic acid groups (broad SMARTS) is 1. The Morgan fingerprint density at radius 3 is 2.68 bits per heavy atom. The SMILES string of the molecule is O=C(NN=Cc1ccccc1C(=O)[O-])c1cc(-c2ccc3c4c(cccc24)CC3)n[nH]1. The van der Waals surface area contributed by atoms with Gasteiger partial charge in [-0.15, -0.1) is 0 Å². The van der Waals surface area contributed by atoms with Crippen LogP contribution in [0.1, 0.15) is 37.5 Å². The molecule has 0 unspecified atom stereocenters. The molecule has 1 aromatic heterocycles. The molecule has 0 aliphatic heterocycles. The van der Waals surface area contributed by atoms with Gasteiger partial charge >= 0.3 is 0 Å². The molecule has 7 heteroatoms. The fraction of sp³-hybridized carbons (Fsp3) is 0.0833. The number of aromatic carboxylic acids is 1. The molecule has 0 atom stereocenters. The first-order valence-corrected chi connectivity index (χ1v) is 9.85. The number of amides is 1. The number of nitrogens with one attached hydrogen (secondary N) is 2. The maximum atomic E-state index is 12.5. The molecule has 0 spiro atoms. The Bertz CT molecular complexity index is 1360. The van der Waals surface area contributed by atoms with Crippen molar-refractivity contribution in [1.29, 1.82) is 0 Å². The highest BCUT2D eigenvalue weighted by Crippen LogP contribution is 2.36. The molecule has 0 saturated carbocycles. The molecule has 0 radical (unpaired) electrons. The third kappa shape index (κ3) is 3.36. The highest BCUT2D eigenvalue weighted by molar-refractivity contribution is 6.02. The van der Waals surface area contributed by atoms with Crippen molar-refractivity contribution in [3.05, 3.63) is 88.6 Å². The third-order valence-corrected chi connectivity index (χ3v) is 5.53. The Balaban J connectivity index is 1.38. The number of nitrogens with zero attached hydrogens (tertiary/aromatic N) is 2. The van der Waals surface area contributed by atoms with Gasteiger partial charge < -0.3 is 9.90 Å². The zero-order valence-electron chi connectivity index (χ0n) is 16.4. The Kier molecular flexibility index (Phi) is 4.55. The van der Waals surface area contributed by atoms with Crippen LogP contribution in [0.25, 0.3) is 22.0 Å². The topological polar surface area (TPSA) is 110 Å². The van der Waals surface area contributed by atoms with E-state index in [1.54, 1.807) is 24.3 Å². The maximum absolute atomic E-state index is 12.5. The number of hydrogen-bond acceptors (Lipinski definition) is 5. The number of H-pyrrole nitrogens is 1. The van der Waals surface area contributed by atoms with Crippen LogP contribution in [-0.4, -0.2) is 28.3 Å². The Labute approximate surface area is 177 Å². The lowest BCUT2D eigenvalue weighted by Crippen LogP contribution is -2.24. The van der Waals surface area contributed by atoms with Crippen molar-refractivity contribution < 1.29 is 14.7 Å². The molecular formula is C24H17N4O3-. The van der Waals surface area contributed by atoms with E-state index >= 15 is 0 Å². The van der Waals surface area contributed by atoms with Crippen LogP contribution in [0.15, 0.2) is 65.8 Å². The first kappa shape index (κ1) is 18.7. The van der Waals surface area contributed by atoms with Gasteiger partial charge in [-0.25, -0.2) is 5.43 Å². The van der Waals surface area contributed by atoms with Gasteiger partial charge in [0.1, 0.15) is 5.69 Å². The maximum Gasteiger partial charge on any atom is 0.289 e. The number of rotatable bonds is 5. The van der Waals surface area contributed by atoms with E-state index in [1.165, 1.54) is 28.8 Å². The van der Waals surface area contributed by atoms with Gasteiger partial charge in [-0.3, -0.25) is 9.89 Å². The average Bonchev–Trinajstić information content (AvgIpc) is 3.43. The summed E-state index contributed by atoms with van der Waals surface area (Å²) in [5.41, 5.74) is 7.29. The van der Waals surface area contributed by atoms with Crippen LogP contribution in [-0.2, 0) is 12.8 Å². The van der Waals surface area contributed by atoms with E-state index in [-0.39, 0.29) is 11.3 Å². The van der Waals surface area contributed by atoms with Crippen LogP contribution >= 0.6 is 0 Å². The second-order valence-corrected chi connectivity index (χ2v) is 7.35. The summed E-state index contributed by atoms with van der Waals surface area (Å²) in [5.74, 6) is -1.79. The molecule has 0 bridgehead atoms. The fourth-order valence-corrected chi connectivity index (χ4v) is 4.06. The lowest BCUT2D eigenvalue weighted by Gasteiger charge is -2.06. The van der Waals surface area contributed by atoms with E-state index in [2.05, 4.69) is 45.0 Å². The van der Waals surface area contributed by atoms with Crippen molar-refractivity contribution in [1.82, 2.24) is 15.6 Å². The lowest BCUT2D eigenvalue weighted by atomic mass is 9.98. The molecule has 1 amide bonds. The third-order valence-electron chi connectivity index (χ3n) is 5.53. The van der Waals surface area contributed by atoms with E-state index in [0.29, 0.717) is 11.3 Å². The molecule has 2 N–H and O–H groups in total. The van der Waals surface area contributed by atoms with Crippen molar-refractivity contribution >= 4 is 28.9 Å². The highest BCUT2D eigenvalue weighted by Gasteiger charge is 2.18. The molecule has 7 nitrogen and oxygen atoms in total. The van der Waals surface area contributed by atoms with Crippen LogP contribution in [0, 0.1) is 0 Å². The minimum atomic E-state index is -1.31. The molecule has 31 heavy (non-hydrogen) atoms. The number of carboxylic acids is 1. The predicted octanol–water partition coefficient (Wildman–Crippen LogP) is 2.46. The highest BCUT2D eigenvalue weighted by atomic mass is 16.4. The largest absolute Gasteiger partial charge is 0.545 e. The number of aromatic nitrogens is 2. The molecule has 1 aliphatic carbocycles. The van der Waals surface area contributed by atoms with Gasteiger partial charge in [0.25, 0.3) is 5.91 Å². The van der Waals surface area contributed by atoms with Gasteiger partial charge in [0.2, 0.25) is 0 Å². The van der Waals surface area contributed by atoms with Gasteiger partial charge in [0.05, 0.1) is 17.9 Å². The summed E-state index contributed by atoms with van der Waals surface area (Å²) in [6.45, 7) is 0. The van der Waals surface area contributed by atoms with E-state index in [1.807, 2.05) is 6.07 Å². The fourth-order valence-electron chi connectivity index (χ4n) is 4.06. The Morgan fingerprint density at radius 2 is 1.84 bits per heavy atom. The molecule has 5 rings (SSSR count). The smallest absolute Gasteiger partial charge is 0.289 e. The standard InChI is InChI=1S/C24H18N4O3/c29-23(28-25-13-16-4-1-2-6-17(16)24(30)31)21-12-20(26-27-21)18-11-10-15-9-8-14-5-3-7-19(18)22(14)15/h1-7,10-13H,8-9H2,(H,26,27)(H,28,29)(H,30,31)/p-1. The summed E-state index contributed by atoms with van der Waals surface area (Å²) in [5, 5.41) is 24.5. The van der Waals surface area contributed by atoms with E-state index < -0.39 is 11.9 Å². The molecule has 1 aliphatic rings. The van der Waals surface area contributed by atoms with Crippen LogP contribution in [0.4, 0.5) is 0 Å². The van der Waals surface area contributed by atoms with Gasteiger partial charge in [-0.05, 0) is 40.8 Å². The van der Waals surface area contributed by atoms with Gasteiger partial charge in [0.15, 0.2) is 0 Å².